The highest BCUT2D eigenvalue weighted by Crippen LogP contribution is 2.11. The minimum Gasteiger partial charge on any atom is -0.476 e. The lowest BCUT2D eigenvalue weighted by molar-refractivity contribution is 0.0320. The van der Waals surface area contributed by atoms with E-state index in [0.29, 0.717) is 18.2 Å². The maximum atomic E-state index is 10.6. The van der Waals surface area contributed by atoms with E-state index in [0.717, 1.165) is 32.8 Å². The van der Waals surface area contributed by atoms with Crippen molar-refractivity contribution in [3.63, 3.8) is 0 Å². The molecule has 3 N–H and O–H groups in total. The van der Waals surface area contributed by atoms with Crippen LogP contribution < -0.4 is 15.8 Å². The number of pyridine rings is 1. The number of rotatable bonds is 5. The van der Waals surface area contributed by atoms with E-state index in [1.807, 2.05) is 0 Å². The number of urea groups is 1. The van der Waals surface area contributed by atoms with Crippen molar-refractivity contribution < 1.29 is 14.3 Å². The van der Waals surface area contributed by atoms with E-state index in [2.05, 4.69) is 15.2 Å². The molecule has 7 nitrogen and oxygen atoms in total. The highest BCUT2D eigenvalue weighted by Gasteiger charge is 2.09. The summed E-state index contributed by atoms with van der Waals surface area (Å²) >= 11 is 0. The van der Waals surface area contributed by atoms with Gasteiger partial charge in [0.15, 0.2) is 0 Å². The van der Waals surface area contributed by atoms with Crippen LogP contribution in [0.5, 0.6) is 5.88 Å². The summed E-state index contributed by atoms with van der Waals surface area (Å²) in [7, 11) is 0. The zero-order chi connectivity index (χ0) is 13.5. The summed E-state index contributed by atoms with van der Waals surface area (Å²) in [5.74, 6) is 0.531. The summed E-state index contributed by atoms with van der Waals surface area (Å²) in [5.41, 5.74) is 5.55. The van der Waals surface area contributed by atoms with E-state index in [1.165, 1.54) is 6.20 Å². The highest BCUT2D eigenvalue weighted by molar-refractivity contribution is 5.87. The average molecular weight is 266 g/mol. The van der Waals surface area contributed by atoms with Crippen LogP contribution in [0.25, 0.3) is 0 Å². The molecule has 0 saturated carbocycles. The monoisotopic (exact) mass is 266 g/mol. The first kappa shape index (κ1) is 13.6. The second-order valence-corrected chi connectivity index (χ2v) is 4.18. The number of aromatic nitrogens is 1. The number of nitrogens with one attached hydrogen (secondary N) is 1. The van der Waals surface area contributed by atoms with E-state index in [-0.39, 0.29) is 0 Å². The molecule has 1 aromatic heterocycles. The van der Waals surface area contributed by atoms with Crippen molar-refractivity contribution in [1.29, 1.82) is 0 Å². The molecule has 1 fully saturated rings. The summed E-state index contributed by atoms with van der Waals surface area (Å²) in [4.78, 5) is 17.0. The van der Waals surface area contributed by atoms with Crippen LogP contribution in [0.2, 0.25) is 0 Å². The van der Waals surface area contributed by atoms with Gasteiger partial charge < -0.3 is 20.5 Å². The molecule has 19 heavy (non-hydrogen) atoms. The van der Waals surface area contributed by atoms with Crippen LogP contribution in [0.3, 0.4) is 0 Å². The minimum atomic E-state index is -0.609. The molecule has 0 bridgehead atoms. The largest absolute Gasteiger partial charge is 0.476 e. The Morgan fingerprint density at radius 2 is 2.26 bits per heavy atom. The molecule has 1 saturated heterocycles. The Balaban J connectivity index is 1.71. The SMILES string of the molecule is NC(=O)Nc1ccc(OCCN2CCOCC2)nc1. The number of carbonyl (C=O) groups excluding carboxylic acids is 1. The molecule has 0 spiro atoms. The first-order chi connectivity index (χ1) is 9.24. The van der Waals surface area contributed by atoms with Gasteiger partial charge in [0.05, 0.1) is 25.1 Å². The van der Waals surface area contributed by atoms with E-state index in [4.69, 9.17) is 15.2 Å². The number of amides is 2. The second kappa shape index (κ2) is 6.91. The van der Waals surface area contributed by atoms with Gasteiger partial charge in [-0.2, -0.15) is 0 Å². The summed E-state index contributed by atoms with van der Waals surface area (Å²) in [5, 5.41) is 2.44. The molecule has 2 rings (SSSR count). The van der Waals surface area contributed by atoms with Crippen LogP contribution in [0.1, 0.15) is 0 Å². The Kier molecular flexibility index (Phi) is 4.93. The third-order valence-electron chi connectivity index (χ3n) is 2.77. The van der Waals surface area contributed by atoms with Crippen molar-refractivity contribution in [1.82, 2.24) is 9.88 Å². The maximum Gasteiger partial charge on any atom is 0.316 e. The molecule has 104 valence electrons. The van der Waals surface area contributed by atoms with Crippen molar-refractivity contribution in [2.45, 2.75) is 0 Å². The van der Waals surface area contributed by atoms with E-state index in [1.54, 1.807) is 12.1 Å². The van der Waals surface area contributed by atoms with Crippen LogP contribution >= 0.6 is 0 Å². The molecule has 1 aliphatic heterocycles. The lowest BCUT2D eigenvalue weighted by Gasteiger charge is -2.26. The Hall–Kier alpha value is -1.86. The fourth-order valence-electron chi connectivity index (χ4n) is 1.79. The van der Waals surface area contributed by atoms with Crippen molar-refractivity contribution in [3.8, 4) is 5.88 Å². The number of primary amides is 1. The number of hydrogen-bond acceptors (Lipinski definition) is 5. The van der Waals surface area contributed by atoms with Crippen LogP contribution in [0, 0.1) is 0 Å². The van der Waals surface area contributed by atoms with Gasteiger partial charge in [0.25, 0.3) is 0 Å². The molecule has 0 radical (unpaired) electrons. The quantitative estimate of drug-likeness (QED) is 0.799. The van der Waals surface area contributed by atoms with Gasteiger partial charge in [-0.1, -0.05) is 0 Å². The Morgan fingerprint density at radius 3 is 2.89 bits per heavy atom. The van der Waals surface area contributed by atoms with Gasteiger partial charge in [-0.25, -0.2) is 9.78 Å². The van der Waals surface area contributed by atoms with Crippen molar-refractivity contribution >= 4 is 11.7 Å². The molecule has 2 heterocycles. The van der Waals surface area contributed by atoms with Gasteiger partial charge in [-0.3, -0.25) is 4.90 Å². The molecule has 0 aromatic carbocycles. The van der Waals surface area contributed by atoms with Gasteiger partial charge in [-0.15, -0.1) is 0 Å². The molecule has 2 amide bonds. The first-order valence-corrected chi connectivity index (χ1v) is 6.19. The fraction of sp³-hybridized carbons (Fsp3) is 0.500. The van der Waals surface area contributed by atoms with Crippen molar-refractivity contribution in [2.24, 2.45) is 5.73 Å². The maximum absolute atomic E-state index is 10.6. The number of hydrogen-bond donors (Lipinski definition) is 2. The highest BCUT2D eigenvalue weighted by atomic mass is 16.5. The van der Waals surface area contributed by atoms with Crippen molar-refractivity contribution in [3.05, 3.63) is 18.3 Å². The van der Waals surface area contributed by atoms with E-state index in [9.17, 15) is 4.79 Å². The summed E-state index contributed by atoms with van der Waals surface area (Å²) in [6.07, 6.45) is 1.51. The molecule has 7 heteroatoms. The number of ether oxygens (including phenoxy) is 2. The number of anilines is 1. The Morgan fingerprint density at radius 1 is 1.47 bits per heavy atom. The molecule has 0 aliphatic carbocycles. The van der Waals surface area contributed by atoms with Gasteiger partial charge in [-0.05, 0) is 6.07 Å². The van der Waals surface area contributed by atoms with Gasteiger partial charge in [0, 0.05) is 25.7 Å². The summed E-state index contributed by atoms with van der Waals surface area (Å²) in [6, 6.07) is 2.79. The first-order valence-electron chi connectivity index (χ1n) is 6.19. The number of morpholine rings is 1. The number of nitrogens with two attached hydrogens (primary N) is 1. The number of nitrogens with zero attached hydrogens (tertiary/aromatic N) is 2. The summed E-state index contributed by atoms with van der Waals surface area (Å²) in [6.45, 7) is 4.88. The lowest BCUT2D eigenvalue weighted by Crippen LogP contribution is -2.38. The topological polar surface area (TPSA) is 89.7 Å². The zero-order valence-corrected chi connectivity index (χ0v) is 10.7. The molecular formula is C12H18N4O3. The zero-order valence-electron chi connectivity index (χ0n) is 10.7. The standard InChI is InChI=1S/C12H18N4O3/c13-12(17)15-10-1-2-11(14-9-10)19-8-5-16-3-6-18-7-4-16/h1-2,9H,3-8H2,(H3,13,15,17). The van der Waals surface area contributed by atoms with E-state index >= 15 is 0 Å². The van der Waals surface area contributed by atoms with Gasteiger partial charge in [0.1, 0.15) is 6.61 Å². The molecule has 1 aliphatic rings. The minimum absolute atomic E-state index is 0.531. The average Bonchev–Trinajstić information content (AvgIpc) is 2.41. The smallest absolute Gasteiger partial charge is 0.316 e. The van der Waals surface area contributed by atoms with Crippen LogP contribution in [-0.4, -0.2) is 55.4 Å². The Labute approximate surface area is 111 Å². The van der Waals surface area contributed by atoms with Gasteiger partial charge >= 0.3 is 6.03 Å². The van der Waals surface area contributed by atoms with Gasteiger partial charge in [0.2, 0.25) is 5.88 Å². The predicted octanol–water partition coefficient (Wildman–Crippen LogP) is 0.283. The molecule has 1 aromatic rings. The molecule has 0 unspecified atom stereocenters. The number of carbonyl (C=O) groups is 1. The van der Waals surface area contributed by atoms with Crippen LogP contribution in [0.15, 0.2) is 18.3 Å². The Bertz CT molecular complexity index is 404. The predicted molar refractivity (Wildman–Crippen MR) is 70.2 cm³/mol. The third kappa shape index (κ3) is 4.72. The van der Waals surface area contributed by atoms with E-state index < -0.39 is 6.03 Å². The van der Waals surface area contributed by atoms with Crippen LogP contribution in [0.4, 0.5) is 10.5 Å². The molecule has 0 atom stereocenters. The third-order valence-corrected chi connectivity index (χ3v) is 2.77. The fourth-order valence-corrected chi connectivity index (χ4v) is 1.79. The second-order valence-electron chi connectivity index (χ2n) is 4.18. The normalized spacial score (nSPS) is 16.0. The molecular weight excluding hydrogens is 248 g/mol. The van der Waals surface area contributed by atoms with Crippen molar-refractivity contribution in [2.75, 3.05) is 44.8 Å². The summed E-state index contributed by atoms with van der Waals surface area (Å²) < 4.78 is 10.8. The lowest BCUT2D eigenvalue weighted by atomic mass is 10.4. The van der Waals surface area contributed by atoms with Crippen LogP contribution in [-0.2, 0) is 4.74 Å².